The molecule has 10 unspecified atom stereocenters. The first-order chi connectivity index (χ1) is 19.1. The third kappa shape index (κ3) is 7.37. The Hall–Kier alpha value is -0.420. The summed E-state index contributed by atoms with van der Waals surface area (Å²) in [5.41, 5.74) is 0.943. The number of alkyl carbamates (subject to hydrolysis) is 1. The summed E-state index contributed by atoms with van der Waals surface area (Å²) in [4.78, 5) is 21.7. The van der Waals surface area contributed by atoms with Crippen LogP contribution in [-0.4, -0.2) is 48.1 Å². The summed E-state index contributed by atoms with van der Waals surface area (Å²) >= 11 is 0. The van der Waals surface area contributed by atoms with Crippen LogP contribution in [0.4, 0.5) is 4.79 Å². The summed E-state index contributed by atoms with van der Waals surface area (Å²) in [5, 5.41) is 12.9. The SMILES string of the molecule is CCCCCC(C)C1CCC2C3CCC4C[C@@H](OC(=O)NCCC(O)CCOP(C)O)CCC4(C)C3CCC12C. The Kier molecular flexibility index (Phi) is 11.7. The highest BCUT2D eigenvalue weighted by molar-refractivity contribution is 7.45. The molecule has 0 spiro atoms. The Morgan fingerprint density at radius 3 is 2.50 bits per heavy atom. The number of fused-ring (bicyclic) bond motifs is 5. The highest BCUT2D eigenvalue weighted by atomic mass is 31.2. The number of rotatable bonds is 13. The van der Waals surface area contributed by atoms with E-state index >= 15 is 0 Å². The molecule has 0 saturated heterocycles. The number of ether oxygens (including phenoxy) is 1. The molecular weight excluding hydrogens is 521 g/mol. The largest absolute Gasteiger partial charge is 0.446 e. The molecule has 0 aromatic carbocycles. The van der Waals surface area contributed by atoms with Gasteiger partial charge in [0.05, 0.1) is 12.7 Å². The van der Waals surface area contributed by atoms with Crippen molar-refractivity contribution in [3.8, 4) is 0 Å². The Bertz CT molecular complexity index is 812. The van der Waals surface area contributed by atoms with Crippen LogP contribution in [0, 0.1) is 46.3 Å². The number of aliphatic hydroxyl groups is 1. The van der Waals surface area contributed by atoms with Gasteiger partial charge in [-0.15, -0.1) is 0 Å². The number of nitrogens with one attached hydrogen (secondary N) is 1. The fraction of sp³-hybridized carbons (Fsp3) is 0.970. The molecule has 0 heterocycles. The van der Waals surface area contributed by atoms with Crippen molar-refractivity contribution in [2.24, 2.45) is 46.3 Å². The number of carbonyl (C=O) groups excluding carboxylic acids is 1. The van der Waals surface area contributed by atoms with E-state index in [-0.39, 0.29) is 12.2 Å². The summed E-state index contributed by atoms with van der Waals surface area (Å²) < 4.78 is 11.0. The van der Waals surface area contributed by atoms with Crippen molar-refractivity contribution < 1.29 is 24.1 Å². The van der Waals surface area contributed by atoms with E-state index in [1.807, 2.05) is 0 Å². The molecular formula is C33H60NO5P. The number of aliphatic hydroxyl groups excluding tert-OH is 1. The number of unbranched alkanes of at least 4 members (excludes halogenated alkanes) is 2. The van der Waals surface area contributed by atoms with E-state index in [0.717, 1.165) is 42.4 Å². The Morgan fingerprint density at radius 2 is 1.75 bits per heavy atom. The van der Waals surface area contributed by atoms with Crippen LogP contribution >= 0.6 is 8.38 Å². The molecule has 4 fully saturated rings. The Morgan fingerprint density at radius 1 is 1.00 bits per heavy atom. The average molecular weight is 582 g/mol. The molecule has 0 aliphatic heterocycles. The van der Waals surface area contributed by atoms with Crippen molar-refractivity contribution >= 4 is 14.5 Å². The highest BCUT2D eigenvalue weighted by Gasteiger charge is 2.60. The lowest BCUT2D eigenvalue weighted by atomic mass is 9.44. The minimum atomic E-state index is -1.39. The molecule has 11 atom stereocenters. The van der Waals surface area contributed by atoms with Crippen molar-refractivity contribution in [1.82, 2.24) is 5.32 Å². The zero-order chi connectivity index (χ0) is 28.9. The molecule has 1 amide bonds. The van der Waals surface area contributed by atoms with Gasteiger partial charge in [-0.2, -0.15) is 0 Å². The van der Waals surface area contributed by atoms with E-state index in [2.05, 4.69) is 33.0 Å². The Balaban J connectivity index is 1.24. The standard InChI is InChI=1S/C33H60NO5P/c1-6-7-8-9-23(2)28-12-13-29-27-11-10-24-22-26(14-18-32(24,3)30(27)15-19-33(28,29)4)39-31(36)34-20-16-25(35)17-21-38-40(5)37/h23-30,35,37H,6-22H2,1-5H3,(H,34,36)/t23?,24?,25?,26-,27?,28?,29?,30?,32?,33?,40?/m0/s1. The topological polar surface area (TPSA) is 88.0 Å². The predicted octanol–water partition coefficient (Wildman–Crippen LogP) is 8.05. The second-order valence-electron chi connectivity index (χ2n) is 14.6. The van der Waals surface area contributed by atoms with Crippen molar-refractivity contribution in [3.05, 3.63) is 0 Å². The third-order valence-electron chi connectivity index (χ3n) is 12.4. The zero-order valence-electron chi connectivity index (χ0n) is 26.2. The van der Waals surface area contributed by atoms with Crippen LogP contribution in [0.3, 0.4) is 0 Å². The van der Waals surface area contributed by atoms with Crippen molar-refractivity contribution in [2.75, 3.05) is 19.8 Å². The lowest BCUT2D eigenvalue weighted by Crippen LogP contribution is -2.54. The minimum absolute atomic E-state index is 0.00925. The van der Waals surface area contributed by atoms with Crippen LogP contribution in [0.5, 0.6) is 0 Å². The maximum Gasteiger partial charge on any atom is 0.407 e. The molecule has 4 aliphatic rings. The van der Waals surface area contributed by atoms with Gasteiger partial charge in [-0.3, -0.25) is 0 Å². The third-order valence-corrected chi connectivity index (χ3v) is 12.9. The second kappa shape index (κ2) is 14.4. The van der Waals surface area contributed by atoms with Gasteiger partial charge in [0, 0.05) is 13.2 Å². The summed E-state index contributed by atoms with van der Waals surface area (Å²) in [6.07, 6.45) is 17.1. The molecule has 0 radical (unpaired) electrons. The minimum Gasteiger partial charge on any atom is -0.446 e. The molecule has 232 valence electrons. The smallest absolute Gasteiger partial charge is 0.407 e. The van der Waals surface area contributed by atoms with E-state index < -0.39 is 14.5 Å². The van der Waals surface area contributed by atoms with Crippen LogP contribution in [0.25, 0.3) is 0 Å². The molecule has 0 bridgehead atoms. The number of hydrogen-bond donors (Lipinski definition) is 3. The predicted molar refractivity (Wildman–Crippen MR) is 163 cm³/mol. The number of hydrogen-bond acceptors (Lipinski definition) is 5. The summed E-state index contributed by atoms with van der Waals surface area (Å²) in [6.45, 7) is 12.5. The fourth-order valence-electron chi connectivity index (χ4n) is 10.2. The molecule has 0 aromatic heterocycles. The normalized spacial score (nSPS) is 39.4. The van der Waals surface area contributed by atoms with Gasteiger partial charge in [0.2, 0.25) is 0 Å². The maximum atomic E-state index is 12.5. The molecule has 4 rings (SSSR count). The quantitative estimate of drug-likeness (QED) is 0.151. The van der Waals surface area contributed by atoms with Gasteiger partial charge in [0.15, 0.2) is 8.38 Å². The van der Waals surface area contributed by atoms with E-state index in [1.54, 1.807) is 6.66 Å². The molecule has 4 aliphatic carbocycles. The lowest BCUT2D eigenvalue weighted by molar-refractivity contribution is -0.129. The summed E-state index contributed by atoms with van der Waals surface area (Å²) in [6, 6.07) is 0. The van der Waals surface area contributed by atoms with Crippen LogP contribution in [-0.2, 0) is 9.26 Å². The summed E-state index contributed by atoms with van der Waals surface area (Å²) in [5.74, 6) is 5.10. The van der Waals surface area contributed by atoms with E-state index in [0.29, 0.717) is 42.7 Å². The van der Waals surface area contributed by atoms with Gasteiger partial charge in [0.1, 0.15) is 6.10 Å². The van der Waals surface area contributed by atoms with E-state index in [4.69, 9.17) is 9.26 Å². The van der Waals surface area contributed by atoms with Crippen molar-refractivity contribution in [1.29, 1.82) is 0 Å². The highest BCUT2D eigenvalue weighted by Crippen LogP contribution is 2.68. The lowest BCUT2D eigenvalue weighted by Gasteiger charge is -2.61. The van der Waals surface area contributed by atoms with Gasteiger partial charge in [0.25, 0.3) is 0 Å². The van der Waals surface area contributed by atoms with Crippen LogP contribution in [0.15, 0.2) is 0 Å². The number of carbonyl (C=O) groups is 1. The second-order valence-corrected chi connectivity index (χ2v) is 15.8. The van der Waals surface area contributed by atoms with Crippen molar-refractivity contribution in [2.45, 2.75) is 136 Å². The number of amides is 1. The summed E-state index contributed by atoms with van der Waals surface area (Å²) in [7, 11) is -1.39. The molecule has 0 aromatic rings. The first kappa shape index (κ1) is 32.5. The Labute approximate surface area is 246 Å². The molecule has 7 heteroatoms. The molecule has 6 nitrogen and oxygen atoms in total. The van der Waals surface area contributed by atoms with Gasteiger partial charge in [-0.25, -0.2) is 4.79 Å². The van der Waals surface area contributed by atoms with E-state index in [1.165, 1.54) is 70.6 Å². The molecule has 3 N–H and O–H groups in total. The van der Waals surface area contributed by atoms with Gasteiger partial charge in [-0.05, 0) is 117 Å². The zero-order valence-corrected chi connectivity index (χ0v) is 27.1. The van der Waals surface area contributed by atoms with Crippen LogP contribution in [0.2, 0.25) is 0 Å². The van der Waals surface area contributed by atoms with Crippen LogP contribution in [0.1, 0.15) is 124 Å². The monoisotopic (exact) mass is 581 g/mol. The first-order valence-corrected chi connectivity index (χ1v) is 18.4. The molecule has 40 heavy (non-hydrogen) atoms. The van der Waals surface area contributed by atoms with E-state index in [9.17, 15) is 14.8 Å². The van der Waals surface area contributed by atoms with Crippen LogP contribution < -0.4 is 5.32 Å². The van der Waals surface area contributed by atoms with Crippen molar-refractivity contribution in [3.63, 3.8) is 0 Å². The van der Waals surface area contributed by atoms with Gasteiger partial charge < -0.3 is 24.6 Å². The van der Waals surface area contributed by atoms with Gasteiger partial charge in [-0.1, -0.05) is 53.4 Å². The average Bonchev–Trinajstić information content (AvgIpc) is 3.26. The maximum absolute atomic E-state index is 12.5. The molecule has 4 saturated carbocycles. The van der Waals surface area contributed by atoms with Gasteiger partial charge >= 0.3 is 6.09 Å². The first-order valence-electron chi connectivity index (χ1n) is 16.8. The fourth-order valence-corrected chi connectivity index (χ4v) is 10.6.